The molecule has 1 N–H and O–H groups in total. The average Bonchev–Trinajstić information content (AvgIpc) is 3.78. The Bertz CT molecular complexity index is 1400. The van der Waals surface area contributed by atoms with E-state index in [4.69, 9.17) is 9.47 Å². The Morgan fingerprint density at radius 1 is 0.983 bits per heavy atom. The van der Waals surface area contributed by atoms with Crippen molar-refractivity contribution in [2.24, 2.45) is 29.6 Å². The molecule has 16 heteroatoms. The highest BCUT2D eigenvalue weighted by Gasteiger charge is 2.43. The van der Waals surface area contributed by atoms with Gasteiger partial charge in [0, 0.05) is 58.2 Å². The molecule has 0 saturated carbocycles. The molecule has 0 bridgehead atoms. The van der Waals surface area contributed by atoms with Crippen LogP contribution >= 0.6 is 12.6 Å². The minimum atomic E-state index is -0.785. The number of hydrogen-bond acceptors (Lipinski definition) is 12. The minimum Gasteiger partial charge on any atom is -0.379 e. The number of aldehydes is 1. The molecule has 2 aliphatic heterocycles. The summed E-state index contributed by atoms with van der Waals surface area (Å²) in [6.07, 6.45) is 2.71. The summed E-state index contributed by atoms with van der Waals surface area (Å²) < 4.78 is 11.9. The van der Waals surface area contributed by atoms with Crippen LogP contribution in [-0.4, -0.2) is 164 Å². The van der Waals surface area contributed by atoms with E-state index in [1.54, 1.807) is 33.4 Å². The maximum Gasteiger partial charge on any atom is 0.246 e. The summed E-state index contributed by atoms with van der Waals surface area (Å²) in [5.74, 6) is -2.08. The second-order valence-electron chi connectivity index (χ2n) is 17.0. The normalized spacial score (nSPS) is 21.5. The van der Waals surface area contributed by atoms with E-state index in [2.05, 4.69) is 17.9 Å². The predicted octanol–water partition coefficient (Wildman–Crippen LogP) is 2.91. The molecule has 329 valence electrons. The van der Waals surface area contributed by atoms with E-state index in [0.29, 0.717) is 25.7 Å². The Labute approximate surface area is 354 Å². The van der Waals surface area contributed by atoms with Gasteiger partial charge in [-0.25, -0.2) is 0 Å². The number of imide groups is 1. The van der Waals surface area contributed by atoms with Gasteiger partial charge in [-0.05, 0) is 50.5 Å². The van der Waals surface area contributed by atoms with Crippen LogP contribution in [0.4, 0.5) is 0 Å². The van der Waals surface area contributed by atoms with Gasteiger partial charge in [0.25, 0.3) is 0 Å². The number of nitrogens with one attached hydrogen (secondary N) is 1. The van der Waals surface area contributed by atoms with E-state index in [0.717, 1.165) is 24.2 Å². The number of amides is 4. The minimum absolute atomic E-state index is 0.0137. The summed E-state index contributed by atoms with van der Waals surface area (Å²) in [6, 6.07) is -2.64. The molecule has 1 unspecified atom stereocenters. The lowest BCUT2D eigenvalue weighted by molar-refractivity contribution is -0.149. The fraction of sp³-hybridized carbons (Fsp3) is 0.833. The molecule has 1 radical (unpaired) electrons. The number of methoxy groups -OCH3 is 2. The second-order valence-corrected chi connectivity index (χ2v) is 17.4. The first-order valence-electron chi connectivity index (χ1n) is 21.2. The van der Waals surface area contributed by atoms with Crippen molar-refractivity contribution in [2.45, 2.75) is 143 Å². The van der Waals surface area contributed by atoms with Crippen LogP contribution in [0.2, 0.25) is 0 Å². The number of thiol groups is 1. The largest absolute Gasteiger partial charge is 0.379 e. The molecule has 2 heterocycles. The van der Waals surface area contributed by atoms with E-state index >= 15 is 0 Å². The highest BCUT2D eigenvalue weighted by atomic mass is 32.1. The molecular formula is C42H73BN5O9S. The number of rotatable bonds is 27. The van der Waals surface area contributed by atoms with Crippen LogP contribution in [0.15, 0.2) is 0 Å². The third kappa shape index (κ3) is 13.2. The lowest BCUT2D eigenvalue weighted by atomic mass is 9.76. The quantitative estimate of drug-likeness (QED) is 0.0542. The third-order valence-electron chi connectivity index (χ3n) is 12.4. The number of carbonyl (C=O) groups is 7. The van der Waals surface area contributed by atoms with E-state index in [1.807, 2.05) is 72.2 Å². The van der Waals surface area contributed by atoms with Crippen LogP contribution < -0.4 is 5.32 Å². The number of ether oxygens (including phenoxy) is 2. The van der Waals surface area contributed by atoms with Gasteiger partial charge >= 0.3 is 0 Å². The lowest BCUT2D eigenvalue weighted by Crippen LogP contribution is -2.54. The van der Waals surface area contributed by atoms with E-state index in [-0.39, 0.29) is 90.5 Å². The molecule has 0 aromatic heterocycles. The van der Waals surface area contributed by atoms with Crippen LogP contribution in [-0.2, 0) is 43.0 Å². The summed E-state index contributed by atoms with van der Waals surface area (Å²) in [6.45, 7) is 16.1. The monoisotopic (exact) mass is 835 g/mol. The number of likely N-dealkylation sites (tertiary alicyclic amines) is 2. The molecule has 0 aromatic carbocycles. The second kappa shape index (κ2) is 24.6. The molecule has 2 saturated heterocycles. The van der Waals surface area contributed by atoms with E-state index < -0.39 is 48.2 Å². The SMILES string of the molecule is CCC(=O)[C@H](C)[C@@H](OC)[C@@H]1CCCN1C(=O)C[C@@H](OC)[C@H]([C@@H](C)CC)N(C)C(=O)[C@@H](CC(=O)[C@H](C(C)C)N(C)C[B]CN1C(=O)CC(N[C@H](C=O)CS)C1=O)C(C)C. The number of carbonyl (C=O) groups excluding carboxylic acids is 7. The van der Waals surface area contributed by atoms with Gasteiger partial charge < -0.3 is 29.0 Å². The van der Waals surface area contributed by atoms with Crippen LogP contribution in [0.5, 0.6) is 0 Å². The molecular weight excluding hydrogens is 761 g/mol. The summed E-state index contributed by atoms with van der Waals surface area (Å²) in [4.78, 5) is 98.8. The van der Waals surface area contributed by atoms with Gasteiger partial charge in [-0.15, -0.1) is 0 Å². The first-order chi connectivity index (χ1) is 27.3. The molecule has 2 rings (SSSR count). The van der Waals surface area contributed by atoms with Gasteiger partial charge in [0.15, 0.2) is 13.1 Å². The summed E-state index contributed by atoms with van der Waals surface area (Å²) >= 11 is 4.11. The third-order valence-corrected chi connectivity index (χ3v) is 12.8. The number of Topliss-reactive ketones (excluding diaryl/α,β-unsaturated/α-hetero) is 2. The lowest BCUT2D eigenvalue weighted by Gasteiger charge is -2.41. The van der Waals surface area contributed by atoms with Crippen molar-refractivity contribution in [1.82, 2.24) is 24.9 Å². The number of ketones is 2. The molecule has 2 aliphatic rings. The molecule has 58 heavy (non-hydrogen) atoms. The summed E-state index contributed by atoms with van der Waals surface area (Å²) in [5.41, 5.74) is 0. The van der Waals surface area contributed by atoms with Crippen molar-refractivity contribution >= 4 is 61.4 Å². The maximum absolute atomic E-state index is 14.5. The van der Waals surface area contributed by atoms with Gasteiger partial charge in [-0.2, -0.15) is 12.6 Å². The molecule has 14 nitrogen and oxygen atoms in total. The Balaban J connectivity index is 2.20. The van der Waals surface area contributed by atoms with Gasteiger partial charge in [-0.1, -0.05) is 61.8 Å². The van der Waals surface area contributed by atoms with Crippen LogP contribution in [0.3, 0.4) is 0 Å². The summed E-state index contributed by atoms with van der Waals surface area (Å²) in [7, 11) is 8.49. The maximum atomic E-state index is 14.5. The van der Waals surface area contributed by atoms with Gasteiger partial charge in [0.2, 0.25) is 23.6 Å². The van der Waals surface area contributed by atoms with Crippen LogP contribution in [0, 0.1) is 29.6 Å². The van der Waals surface area contributed by atoms with Crippen molar-refractivity contribution in [2.75, 3.05) is 53.5 Å². The van der Waals surface area contributed by atoms with Crippen LogP contribution in [0.1, 0.15) is 100 Å². The van der Waals surface area contributed by atoms with Crippen molar-refractivity contribution in [3.8, 4) is 0 Å². The highest BCUT2D eigenvalue weighted by molar-refractivity contribution is 7.80. The highest BCUT2D eigenvalue weighted by Crippen LogP contribution is 2.31. The standard InChI is InChI=1S/C42H73BN5O9S/c1-13-27(7)39(35(56-11)20-37(53)47-17-15-16-32(47)40(57-12)28(8)33(50)14-2)46(10)41(54)30(25(3)4)18-34(51)38(26(5)6)45(9)23-43-24-48-36(52)19-31(42(48)55)44-29(21-49)22-58/h21,25-32,35,38-40,44,58H,13-20,22-24H2,1-12H3/t27-,28-,29+,30-,31?,32-,35+,38-,39-,40+/m0/s1. The molecule has 0 aromatic rings. The number of likely N-dealkylation sites (N-methyl/N-ethyl adjacent to an activating group) is 2. The molecule has 4 amide bonds. The first-order valence-corrected chi connectivity index (χ1v) is 21.8. The average molecular weight is 835 g/mol. The Kier molecular flexibility index (Phi) is 21.8. The van der Waals surface area contributed by atoms with Crippen molar-refractivity contribution in [1.29, 1.82) is 0 Å². The number of nitrogens with zero attached hydrogens (tertiary/aromatic N) is 4. The Morgan fingerprint density at radius 2 is 1.64 bits per heavy atom. The van der Waals surface area contributed by atoms with Gasteiger partial charge in [0.1, 0.15) is 12.1 Å². The first kappa shape index (κ1) is 51.5. The molecule has 0 spiro atoms. The Morgan fingerprint density at radius 3 is 2.16 bits per heavy atom. The fourth-order valence-electron chi connectivity index (χ4n) is 8.90. The predicted molar refractivity (Wildman–Crippen MR) is 228 cm³/mol. The topological polar surface area (TPSA) is 163 Å². The Hall–Kier alpha value is -2.66. The zero-order valence-electron chi connectivity index (χ0n) is 37.3. The molecule has 10 atom stereocenters. The van der Waals surface area contributed by atoms with E-state index in [1.165, 1.54) is 0 Å². The zero-order chi connectivity index (χ0) is 44.0. The fourth-order valence-corrected chi connectivity index (χ4v) is 9.09. The molecule has 2 fully saturated rings. The van der Waals surface area contributed by atoms with Crippen LogP contribution in [0.25, 0.3) is 0 Å². The van der Waals surface area contributed by atoms with Gasteiger partial charge in [0.05, 0.1) is 55.3 Å². The van der Waals surface area contributed by atoms with E-state index in [9.17, 15) is 33.6 Å². The smallest absolute Gasteiger partial charge is 0.246 e. The zero-order valence-corrected chi connectivity index (χ0v) is 38.2. The van der Waals surface area contributed by atoms with Crippen molar-refractivity contribution in [3.05, 3.63) is 0 Å². The van der Waals surface area contributed by atoms with Crippen molar-refractivity contribution in [3.63, 3.8) is 0 Å². The van der Waals surface area contributed by atoms with Crippen molar-refractivity contribution < 1.29 is 43.0 Å². The molecule has 0 aliphatic carbocycles. The summed E-state index contributed by atoms with van der Waals surface area (Å²) in [5, 5.41) is 2.88. The van der Waals surface area contributed by atoms with Gasteiger partial charge in [-0.3, -0.25) is 39.0 Å². The number of hydrogen-bond donors (Lipinski definition) is 2.